The maximum Gasteiger partial charge on any atom is 0.315 e. The van der Waals surface area contributed by atoms with Crippen molar-refractivity contribution in [3.8, 4) is 11.5 Å². The average molecular weight is 342 g/mol. The van der Waals surface area contributed by atoms with Crippen molar-refractivity contribution >= 4 is 6.03 Å². The van der Waals surface area contributed by atoms with Gasteiger partial charge >= 0.3 is 6.03 Å². The fourth-order valence-corrected chi connectivity index (χ4v) is 3.20. The molecule has 0 radical (unpaired) electrons. The predicted octanol–water partition coefficient (Wildman–Crippen LogP) is 3.55. The number of benzene rings is 1. The van der Waals surface area contributed by atoms with Crippen molar-refractivity contribution in [1.82, 2.24) is 20.8 Å². The molecule has 134 valence electrons. The average Bonchev–Trinajstić information content (AvgIpc) is 3.00. The summed E-state index contributed by atoms with van der Waals surface area (Å²) in [5.41, 5.74) is 0.898. The van der Waals surface area contributed by atoms with Crippen LogP contribution in [-0.4, -0.2) is 28.8 Å². The van der Waals surface area contributed by atoms with E-state index in [1.807, 2.05) is 30.3 Å². The molecule has 1 aliphatic rings. The lowest BCUT2D eigenvalue weighted by Gasteiger charge is -2.16. The lowest BCUT2D eigenvalue weighted by Crippen LogP contribution is -2.42. The molecule has 1 aromatic heterocycles. The summed E-state index contributed by atoms with van der Waals surface area (Å²) in [6.07, 6.45) is 6.31. The van der Waals surface area contributed by atoms with Crippen LogP contribution in [0, 0.1) is 5.92 Å². The first-order chi connectivity index (χ1) is 12.2. The normalized spacial score (nSPS) is 20.7. The van der Waals surface area contributed by atoms with Gasteiger partial charge in [-0.25, -0.2) is 4.79 Å². The summed E-state index contributed by atoms with van der Waals surface area (Å²) in [7, 11) is 0. The summed E-state index contributed by atoms with van der Waals surface area (Å²) in [6.45, 7) is 2.77. The zero-order chi connectivity index (χ0) is 17.5. The number of carbonyl (C=O) groups is 1. The van der Waals surface area contributed by atoms with Gasteiger partial charge in [0.25, 0.3) is 0 Å². The summed E-state index contributed by atoms with van der Waals surface area (Å²) in [5, 5.41) is 14.0. The highest BCUT2D eigenvalue weighted by Gasteiger charge is 2.17. The molecule has 1 fully saturated rings. The highest BCUT2D eigenvalue weighted by molar-refractivity contribution is 5.74. The summed E-state index contributed by atoms with van der Waals surface area (Å²) in [5.74, 6) is 1.81. The van der Waals surface area contributed by atoms with Gasteiger partial charge in [0, 0.05) is 24.6 Å². The van der Waals surface area contributed by atoms with Crippen LogP contribution < -0.4 is 10.6 Å². The summed E-state index contributed by atoms with van der Waals surface area (Å²) in [4.78, 5) is 12.0. The Hall–Kier alpha value is -2.37. The van der Waals surface area contributed by atoms with E-state index in [1.54, 1.807) is 0 Å². The Balaban J connectivity index is 1.41. The molecule has 2 atom stereocenters. The van der Waals surface area contributed by atoms with Gasteiger partial charge in [-0.05, 0) is 37.3 Å². The summed E-state index contributed by atoms with van der Waals surface area (Å²) in [6, 6.07) is 9.84. The molecule has 2 amide bonds. The van der Waals surface area contributed by atoms with Crippen molar-refractivity contribution in [1.29, 1.82) is 0 Å². The van der Waals surface area contributed by atoms with E-state index in [4.69, 9.17) is 4.42 Å². The number of carbonyl (C=O) groups excluding carboxylic acids is 1. The number of aromatic nitrogens is 2. The maximum atomic E-state index is 12.0. The van der Waals surface area contributed by atoms with Crippen LogP contribution in [0.1, 0.15) is 44.9 Å². The highest BCUT2D eigenvalue weighted by Crippen LogP contribution is 2.22. The number of hydrogen-bond donors (Lipinski definition) is 2. The zero-order valence-corrected chi connectivity index (χ0v) is 14.7. The second kappa shape index (κ2) is 8.65. The Morgan fingerprint density at radius 3 is 2.84 bits per heavy atom. The van der Waals surface area contributed by atoms with Crippen LogP contribution in [-0.2, 0) is 6.42 Å². The monoisotopic (exact) mass is 342 g/mol. The molecule has 2 aromatic rings. The number of rotatable bonds is 5. The van der Waals surface area contributed by atoms with E-state index in [2.05, 4.69) is 27.8 Å². The Labute approximate surface area is 148 Å². The largest absolute Gasteiger partial charge is 0.421 e. The number of nitrogens with one attached hydrogen (secondary N) is 2. The third-order valence-electron chi connectivity index (χ3n) is 4.70. The van der Waals surface area contributed by atoms with Crippen molar-refractivity contribution in [3.63, 3.8) is 0 Å². The minimum absolute atomic E-state index is 0.109. The molecule has 3 rings (SSSR count). The van der Waals surface area contributed by atoms with Crippen LogP contribution in [0.25, 0.3) is 11.5 Å². The minimum atomic E-state index is -0.109. The molecular weight excluding hydrogens is 316 g/mol. The quantitative estimate of drug-likeness (QED) is 0.814. The van der Waals surface area contributed by atoms with Crippen molar-refractivity contribution in [3.05, 3.63) is 36.2 Å². The van der Waals surface area contributed by atoms with Gasteiger partial charge in [0.1, 0.15) is 0 Å². The molecule has 0 saturated heterocycles. The van der Waals surface area contributed by atoms with Gasteiger partial charge in [-0.3, -0.25) is 0 Å². The maximum absolute atomic E-state index is 12.0. The summed E-state index contributed by atoms with van der Waals surface area (Å²) >= 11 is 0. The lowest BCUT2D eigenvalue weighted by molar-refractivity contribution is 0.235. The molecule has 1 aliphatic carbocycles. The predicted molar refractivity (Wildman–Crippen MR) is 96.0 cm³/mol. The number of urea groups is 1. The van der Waals surface area contributed by atoms with Gasteiger partial charge in [-0.15, -0.1) is 10.2 Å². The van der Waals surface area contributed by atoms with E-state index in [1.165, 1.54) is 19.3 Å². The third kappa shape index (κ3) is 5.31. The van der Waals surface area contributed by atoms with Crippen molar-refractivity contribution in [2.45, 2.75) is 51.5 Å². The number of nitrogens with zero attached hydrogens (tertiary/aromatic N) is 2. The van der Waals surface area contributed by atoms with E-state index in [0.717, 1.165) is 24.3 Å². The van der Waals surface area contributed by atoms with Crippen LogP contribution in [0.3, 0.4) is 0 Å². The van der Waals surface area contributed by atoms with Crippen molar-refractivity contribution in [2.24, 2.45) is 5.92 Å². The topological polar surface area (TPSA) is 80.0 Å². The Morgan fingerprint density at radius 2 is 2.00 bits per heavy atom. The molecule has 0 bridgehead atoms. The molecule has 6 nitrogen and oxygen atoms in total. The van der Waals surface area contributed by atoms with Crippen LogP contribution >= 0.6 is 0 Å². The first-order valence-electron chi connectivity index (χ1n) is 9.13. The van der Waals surface area contributed by atoms with E-state index in [0.29, 0.717) is 24.7 Å². The van der Waals surface area contributed by atoms with Crippen LogP contribution in [0.5, 0.6) is 0 Å². The molecule has 2 N–H and O–H groups in total. The molecule has 1 saturated carbocycles. The van der Waals surface area contributed by atoms with Gasteiger partial charge < -0.3 is 15.1 Å². The molecule has 1 aromatic carbocycles. The summed E-state index contributed by atoms with van der Waals surface area (Å²) < 4.78 is 5.64. The molecular formula is C19H26N4O2. The highest BCUT2D eigenvalue weighted by atomic mass is 16.4. The third-order valence-corrected chi connectivity index (χ3v) is 4.70. The van der Waals surface area contributed by atoms with Gasteiger partial charge in [-0.2, -0.15) is 0 Å². The molecule has 0 unspecified atom stereocenters. The minimum Gasteiger partial charge on any atom is -0.421 e. The lowest BCUT2D eigenvalue weighted by atomic mass is 10.0. The molecule has 1 heterocycles. The van der Waals surface area contributed by atoms with Gasteiger partial charge in [-0.1, -0.05) is 38.0 Å². The van der Waals surface area contributed by atoms with E-state index in [-0.39, 0.29) is 12.1 Å². The smallest absolute Gasteiger partial charge is 0.315 e. The Kier molecular flexibility index (Phi) is 6.04. The molecule has 0 spiro atoms. The first-order valence-corrected chi connectivity index (χ1v) is 9.13. The zero-order valence-electron chi connectivity index (χ0n) is 14.7. The Bertz CT molecular complexity index is 671. The number of hydrogen-bond acceptors (Lipinski definition) is 4. The van der Waals surface area contributed by atoms with Crippen molar-refractivity contribution < 1.29 is 9.21 Å². The SMILES string of the molecule is C[C@@H]1CCC[C@H](NC(=O)NCCc2nnc(-c3ccccc3)o2)CC1. The van der Waals surface area contributed by atoms with Crippen LogP contribution in [0.15, 0.2) is 34.7 Å². The Morgan fingerprint density at radius 1 is 1.16 bits per heavy atom. The fourth-order valence-electron chi connectivity index (χ4n) is 3.20. The van der Waals surface area contributed by atoms with Gasteiger partial charge in [0.15, 0.2) is 0 Å². The van der Waals surface area contributed by atoms with Crippen molar-refractivity contribution in [2.75, 3.05) is 6.54 Å². The van der Waals surface area contributed by atoms with E-state index in [9.17, 15) is 4.79 Å². The van der Waals surface area contributed by atoms with E-state index < -0.39 is 0 Å². The standard InChI is InChI=1S/C19H26N4O2/c1-14-6-5-9-16(11-10-14)21-19(24)20-13-12-17-22-23-18(25-17)15-7-3-2-4-8-15/h2-4,7-8,14,16H,5-6,9-13H2,1H3,(H2,20,21,24)/t14-,16+/m1/s1. The second-order valence-corrected chi connectivity index (χ2v) is 6.83. The van der Waals surface area contributed by atoms with Crippen LogP contribution in [0.4, 0.5) is 4.79 Å². The first kappa shape index (κ1) is 17.5. The molecule has 0 aliphatic heterocycles. The number of amides is 2. The molecule has 25 heavy (non-hydrogen) atoms. The molecule has 6 heteroatoms. The van der Waals surface area contributed by atoms with Gasteiger partial charge in [0.05, 0.1) is 0 Å². The fraction of sp³-hybridized carbons (Fsp3) is 0.526. The van der Waals surface area contributed by atoms with Crippen LogP contribution in [0.2, 0.25) is 0 Å². The van der Waals surface area contributed by atoms with E-state index >= 15 is 0 Å². The van der Waals surface area contributed by atoms with Gasteiger partial charge in [0.2, 0.25) is 11.8 Å². The second-order valence-electron chi connectivity index (χ2n) is 6.83.